The minimum atomic E-state index is 0.493. The van der Waals surface area contributed by atoms with Gasteiger partial charge in [-0.05, 0) is 44.0 Å². The van der Waals surface area contributed by atoms with Crippen molar-refractivity contribution in [3.05, 3.63) is 29.3 Å². The van der Waals surface area contributed by atoms with E-state index in [9.17, 15) is 0 Å². The lowest BCUT2D eigenvalue weighted by Crippen LogP contribution is -2.14. The maximum absolute atomic E-state index is 8.84. The number of nitriles is 1. The third-order valence-corrected chi connectivity index (χ3v) is 2.75. The molecule has 0 amide bonds. The average Bonchev–Trinajstić information content (AvgIpc) is 2.26. The van der Waals surface area contributed by atoms with Crippen LogP contribution in [0.3, 0.4) is 0 Å². The molecular formula is C14H20N2. The lowest BCUT2D eigenvalue weighted by Gasteiger charge is -2.15. The van der Waals surface area contributed by atoms with Crippen molar-refractivity contribution in [3.8, 4) is 6.07 Å². The number of unbranched alkanes of at least 4 members (excludes halogenated alkanes) is 1. The SMILES string of the molecule is CCCCC(C)Nc1ccc(C#N)c(C)c1. The summed E-state index contributed by atoms with van der Waals surface area (Å²) in [6.07, 6.45) is 3.68. The lowest BCUT2D eigenvalue weighted by molar-refractivity contribution is 0.645. The molecule has 1 aromatic rings. The van der Waals surface area contributed by atoms with Gasteiger partial charge in [-0.3, -0.25) is 0 Å². The summed E-state index contributed by atoms with van der Waals surface area (Å²) in [4.78, 5) is 0. The molecule has 16 heavy (non-hydrogen) atoms. The normalized spacial score (nSPS) is 11.9. The minimum absolute atomic E-state index is 0.493. The Hall–Kier alpha value is -1.49. The van der Waals surface area contributed by atoms with Crippen molar-refractivity contribution in [3.63, 3.8) is 0 Å². The number of nitrogens with one attached hydrogen (secondary N) is 1. The molecule has 0 aliphatic heterocycles. The highest BCUT2D eigenvalue weighted by molar-refractivity contribution is 5.51. The molecule has 1 unspecified atom stereocenters. The van der Waals surface area contributed by atoms with Gasteiger partial charge >= 0.3 is 0 Å². The second-order valence-corrected chi connectivity index (χ2v) is 4.33. The van der Waals surface area contributed by atoms with E-state index < -0.39 is 0 Å². The van der Waals surface area contributed by atoms with E-state index in [2.05, 4.69) is 25.2 Å². The number of benzene rings is 1. The minimum Gasteiger partial charge on any atom is -0.383 e. The number of aryl methyl sites for hydroxylation is 1. The van der Waals surface area contributed by atoms with Gasteiger partial charge in [-0.15, -0.1) is 0 Å². The van der Waals surface area contributed by atoms with Crippen LogP contribution in [0.4, 0.5) is 5.69 Å². The summed E-state index contributed by atoms with van der Waals surface area (Å²) in [6.45, 7) is 6.38. The van der Waals surface area contributed by atoms with Crippen LogP contribution in [0.15, 0.2) is 18.2 Å². The maximum atomic E-state index is 8.84. The average molecular weight is 216 g/mol. The molecule has 2 heteroatoms. The zero-order valence-electron chi connectivity index (χ0n) is 10.4. The molecule has 0 aliphatic carbocycles. The Labute approximate surface area is 98.3 Å². The zero-order chi connectivity index (χ0) is 12.0. The topological polar surface area (TPSA) is 35.8 Å². The van der Waals surface area contributed by atoms with E-state index in [1.165, 1.54) is 19.3 Å². The first-order chi connectivity index (χ1) is 7.67. The van der Waals surface area contributed by atoms with Gasteiger partial charge in [-0.2, -0.15) is 5.26 Å². The molecule has 1 rings (SSSR count). The van der Waals surface area contributed by atoms with Crippen molar-refractivity contribution in [2.24, 2.45) is 0 Å². The molecule has 0 aromatic heterocycles. The third-order valence-electron chi connectivity index (χ3n) is 2.75. The molecule has 0 heterocycles. The first kappa shape index (κ1) is 12.6. The summed E-state index contributed by atoms with van der Waals surface area (Å²) in [5, 5.41) is 12.3. The molecule has 0 saturated carbocycles. The van der Waals surface area contributed by atoms with Gasteiger partial charge in [-0.1, -0.05) is 19.8 Å². The van der Waals surface area contributed by atoms with E-state index >= 15 is 0 Å². The van der Waals surface area contributed by atoms with Gasteiger partial charge in [0.25, 0.3) is 0 Å². The van der Waals surface area contributed by atoms with Gasteiger partial charge in [0.1, 0.15) is 0 Å². The Morgan fingerprint density at radius 3 is 2.75 bits per heavy atom. The monoisotopic (exact) mass is 216 g/mol. The number of rotatable bonds is 5. The fraction of sp³-hybridized carbons (Fsp3) is 0.500. The van der Waals surface area contributed by atoms with E-state index in [4.69, 9.17) is 5.26 Å². The van der Waals surface area contributed by atoms with Crippen LogP contribution in [0.5, 0.6) is 0 Å². The molecular weight excluding hydrogens is 196 g/mol. The summed E-state index contributed by atoms with van der Waals surface area (Å²) in [5.41, 5.74) is 2.90. The standard InChI is InChI=1S/C14H20N2/c1-4-5-6-12(3)16-14-8-7-13(10-15)11(2)9-14/h7-9,12,16H,4-6H2,1-3H3. The fourth-order valence-corrected chi connectivity index (χ4v) is 1.75. The van der Waals surface area contributed by atoms with Crippen molar-refractivity contribution < 1.29 is 0 Å². The lowest BCUT2D eigenvalue weighted by atomic mass is 10.1. The highest BCUT2D eigenvalue weighted by Crippen LogP contribution is 2.16. The molecule has 0 aliphatic rings. The molecule has 0 bridgehead atoms. The van der Waals surface area contributed by atoms with E-state index in [1.807, 2.05) is 25.1 Å². The number of nitrogens with zero attached hydrogens (tertiary/aromatic N) is 1. The quantitative estimate of drug-likeness (QED) is 0.811. The Morgan fingerprint density at radius 2 is 2.19 bits per heavy atom. The van der Waals surface area contributed by atoms with Gasteiger partial charge in [-0.25, -0.2) is 0 Å². The molecule has 1 aromatic carbocycles. The molecule has 0 saturated heterocycles. The Morgan fingerprint density at radius 1 is 1.44 bits per heavy atom. The van der Waals surface area contributed by atoms with Crippen molar-refractivity contribution in [1.29, 1.82) is 5.26 Å². The highest BCUT2D eigenvalue weighted by atomic mass is 14.9. The van der Waals surface area contributed by atoms with Crippen molar-refractivity contribution in [2.45, 2.75) is 46.1 Å². The van der Waals surface area contributed by atoms with Crippen LogP contribution < -0.4 is 5.32 Å². The molecule has 0 fully saturated rings. The Kier molecular flexibility index (Phi) is 4.85. The smallest absolute Gasteiger partial charge is 0.0994 e. The van der Waals surface area contributed by atoms with Gasteiger partial charge < -0.3 is 5.32 Å². The largest absolute Gasteiger partial charge is 0.383 e. The molecule has 2 nitrogen and oxygen atoms in total. The second kappa shape index (κ2) is 6.17. The molecule has 0 radical (unpaired) electrons. The van der Waals surface area contributed by atoms with Crippen molar-refractivity contribution >= 4 is 5.69 Å². The maximum Gasteiger partial charge on any atom is 0.0994 e. The van der Waals surface area contributed by atoms with Crippen LogP contribution in [0.2, 0.25) is 0 Å². The third kappa shape index (κ3) is 3.58. The Bertz CT molecular complexity index is 377. The van der Waals surface area contributed by atoms with Crippen LogP contribution in [-0.4, -0.2) is 6.04 Å². The number of anilines is 1. The fourth-order valence-electron chi connectivity index (χ4n) is 1.75. The zero-order valence-corrected chi connectivity index (χ0v) is 10.4. The van der Waals surface area contributed by atoms with Gasteiger partial charge in [0.2, 0.25) is 0 Å². The van der Waals surface area contributed by atoms with Crippen molar-refractivity contribution in [1.82, 2.24) is 0 Å². The van der Waals surface area contributed by atoms with Gasteiger partial charge in [0.05, 0.1) is 11.6 Å². The number of hydrogen-bond acceptors (Lipinski definition) is 2. The van der Waals surface area contributed by atoms with Crippen LogP contribution in [0.25, 0.3) is 0 Å². The van der Waals surface area contributed by atoms with Crippen LogP contribution in [0, 0.1) is 18.3 Å². The van der Waals surface area contributed by atoms with E-state index in [-0.39, 0.29) is 0 Å². The second-order valence-electron chi connectivity index (χ2n) is 4.33. The van der Waals surface area contributed by atoms with Crippen LogP contribution >= 0.6 is 0 Å². The van der Waals surface area contributed by atoms with Crippen LogP contribution in [0.1, 0.15) is 44.2 Å². The summed E-state index contributed by atoms with van der Waals surface area (Å²) < 4.78 is 0. The van der Waals surface area contributed by atoms with Gasteiger partial charge in [0, 0.05) is 11.7 Å². The van der Waals surface area contributed by atoms with E-state index in [0.717, 1.165) is 16.8 Å². The van der Waals surface area contributed by atoms with E-state index in [1.54, 1.807) is 0 Å². The first-order valence-electron chi connectivity index (χ1n) is 5.94. The summed E-state index contributed by atoms with van der Waals surface area (Å²) in [5.74, 6) is 0. The predicted octanol–water partition coefficient (Wildman–Crippen LogP) is 3.86. The first-order valence-corrected chi connectivity index (χ1v) is 5.94. The summed E-state index contributed by atoms with van der Waals surface area (Å²) in [7, 11) is 0. The predicted molar refractivity (Wildman–Crippen MR) is 68.5 cm³/mol. The highest BCUT2D eigenvalue weighted by Gasteiger charge is 2.03. The summed E-state index contributed by atoms with van der Waals surface area (Å²) in [6, 6.07) is 8.58. The van der Waals surface area contributed by atoms with Crippen molar-refractivity contribution in [2.75, 3.05) is 5.32 Å². The molecule has 0 spiro atoms. The molecule has 1 N–H and O–H groups in total. The van der Waals surface area contributed by atoms with Gasteiger partial charge in [0.15, 0.2) is 0 Å². The molecule has 86 valence electrons. The number of hydrogen-bond donors (Lipinski definition) is 1. The van der Waals surface area contributed by atoms with E-state index in [0.29, 0.717) is 6.04 Å². The Balaban J connectivity index is 2.61. The van der Waals surface area contributed by atoms with Crippen LogP contribution in [-0.2, 0) is 0 Å². The summed E-state index contributed by atoms with van der Waals surface area (Å²) >= 11 is 0. The molecule has 1 atom stereocenters.